The summed E-state index contributed by atoms with van der Waals surface area (Å²) in [6.45, 7) is 1.15. The van der Waals surface area contributed by atoms with E-state index in [9.17, 15) is 9.59 Å². The average molecular weight is 451 g/mol. The van der Waals surface area contributed by atoms with Crippen molar-refractivity contribution in [1.29, 1.82) is 0 Å². The zero-order valence-electron chi connectivity index (χ0n) is 19.4. The number of carbonyl (C=O) groups is 2. The highest BCUT2D eigenvalue weighted by Crippen LogP contribution is 2.41. The summed E-state index contributed by atoms with van der Waals surface area (Å²) < 4.78 is 10.5. The molecule has 8 nitrogen and oxygen atoms in total. The second kappa shape index (κ2) is 9.54. The van der Waals surface area contributed by atoms with Crippen LogP contribution in [0.3, 0.4) is 0 Å². The number of ether oxygens (including phenoxy) is 2. The summed E-state index contributed by atoms with van der Waals surface area (Å²) in [5.41, 5.74) is 3.78. The van der Waals surface area contributed by atoms with Crippen LogP contribution in [0.5, 0.6) is 5.75 Å². The van der Waals surface area contributed by atoms with E-state index in [-0.39, 0.29) is 6.03 Å². The van der Waals surface area contributed by atoms with Gasteiger partial charge in [0.25, 0.3) is 0 Å². The second-order valence-electron chi connectivity index (χ2n) is 8.42. The molecule has 0 radical (unpaired) electrons. The summed E-state index contributed by atoms with van der Waals surface area (Å²) in [4.78, 5) is 33.5. The number of fused-ring (bicyclic) bond motifs is 3. The molecule has 0 unspecified atom stereocenters. The van der Waals surface area contributed by atoms with Crippen LogP contribution < -0.4 is 10.1 Å². The molecule has 0 aliphatic carbocycles. The molecule has 174 valence electrons. The summed E-state index contributed by atoms with van der Waals surface area (Å²) in [6.07, 6.45) is 0.375. The van der Waals surface area contributed by atoms with Crippen molar-refractivity contribution in [3.05, 3.63) is 65.4 Å². The number of para-hydroxylation sites is 1. The zero-order valence-corrected chi connectivity index (χ0v) is 19.4. The fraction of sp³-hybridized carbons (Fsp3) is 0.360. The molecule has 2 atom stereocenters. The van der Waals surface area contributed by atoms with Gasteiger partial charge in [-0.05, 0) is 43.4 Å². The number of aromatic amines is 1. The molecule has 3 aromatic rings. The Balaban J connectivity index is 1.84. The van der Waals surface area contributed by atoms with Gasteiger partial charge in [-0.2, -0.15) is 0 Å². The highest BCUT2D eigenvalue weighted by Gasteiger charge is 2.44. The van der Waals surface area contributed by atoms with E-state index in [0.29, 0.717) is 19.5 Å². The number of urea groups is 1. The van der Waals surface area contributed by atoms with Crippen LogP contribution >= 0.6 is 0 Å². The number of nitrogens with one attached hydrogen (secondary N) is 2. The van der Waals surface area contributed by atoms with E-state index >= 15 is 0 Å². The number of carbonyl (C=O) groups excluding carboxylic acids is 2. The van der Waals surface area contributed by atoms with Gasteiger partial charge in [-0.25, -0.2) is 9.59 Å². The lowest BCUT2D eigenvalue weighted by molar-refractivity contribution is -0.146. The van der Waals surface area contributed by atoms with Crippen molar-refractivity contribution in [2.75, 3.05) is 41.4 Å². The van der Waals surface area contributed by atoms with Crippen molar-refractivity contribution < 1.29 is 19.1 Å². The molecule has 0 saturated heterocycles. The molecular formula is C25H30N4O4. The number of methoxy groups -OCH3 is 2. The van der Waals surface area contributed by atoms with Gasteiger partial charge in [0.1, 0.15) is 17.8 Å². The van der Waals surface area contributed by atoms with Gasteiger partial charge >= 0.3 is 12.0 Å². The number of H-pyrrole nitrogens is 1. The molecule has 2 N–H and O–H groups in total. The number of esters is 1. The minimum absolute atomic E-state index is 0.308. The molecule has 2 heterocycles. The fourth-order valence-corrected chi connectivity index (χ4v) is 4.47. The van der Waals surface area contributed by atoms with Crippen molar-refractivity contribution in [3.8, 4) is 5.75 Å². The smallest absolute Gasteiger partial charge is 0.329 e. The molecule has 0 saturated carbocycles. The van der Waals surface area contributed by atoms with Crippen LogP contribution in [-0.4, -0.2) is 74.2 Å². The van der Waals surface area contributed by atoms with Crippen molar-refractivity contribution in [3.63, 3.8) is 0 Å². The third kappa shape index (κ3) is 4.39. The van der Waals surface area contributed by atoms with E-state index in [1.165, 1.54) is 7.11 Å². The third-order valence-electron chi connectivity index (χ3n) is 6.11. The number of hydrogen-bond donors (Lipinski definition) is 2. The molecule has 4 rings (SSSR count). The summed E-state index contributed by atoms with van der Waals surface area (Å²) in [6, 6.07) is 14.0. The number of hydrogen-bond acceptors (Lipinski definition) is 5. The van der Waals surface area contributed by atoms with Gasteiger partial charge in [0, 0.05) is 36.1 Å². The highest BCUT2D eigenvalue weighted by molar-refractivity contribution is 5.90. The lowest BCUT2D eigenvalue weighted by Gasteiger charge is -2.40. The summed E-state index contributed by atoms with van der Waals surface area (Å²) in [7, 11) is 6.86. The van der Waals surface area contributed by atoms with Gasteiger partial charge < -0.3 is 24.7 Å². The van der Waals surface area contributed by atoms with Gasteiger partial charge in [0.05, 0.1) is 14.2 Å². The van der Waals surface area contributed by atoms with Crippen LogP contribution in [-0.2, 0) is 16.0 Å². The number of likely N-dealkylation sites (N-methyl/N-ethyl adjacent to an activating group) is 1. The molecule has 1 aliphatic rings. The first-order valence-corrected chi connectivity index (χ1v) is 11.0. The predicted molar refractivity (Wildman–Crippen MR) is 126 cm³/mol. The summed E-state index contributed by atoms with van der Waals surface area (Å²) in [5, 5.41) is 4.03. The van der Waals surface area contributed by atoms with E-state index < -0.39 is 18.1 Å². The molecule has 0 bridgehead atoms. The molecule has 1 aromatic heterocycles. The van der Waals surface area contributed by atoms with Crippen LogP contribution in [0.2, 0.25) is 0 Å². The molecular weight excluding hydrogens is 420 g/mol. The molecule has 1 aliphatic heterocycles. The van der Waals surface area contributed by atoms with Crippen LogP contribution in [0.15, 0.2) is 48.5 Å². The van der Waals surface area contributed by atoms with Gasteiger partial charge in [-0.1, -0.05) is 30.3 Å². The Morgan fingerprint density at radius 3 is 2.52 bits per heavy atom. The number of rotatable bonds is 6. The van der Waals surface area contributed by atoms with Crippen LogP contribution in [0.4, 0.5) is 4.79 Å². The Labute approximate surface area is 193 Å². The van der Waals surface area contributed by atoms with Gasteiger partial charge in [-0.3, -0.25) is 4.90 Å². The molecule has 0 fully saturated rings. The van der Waals surface area contributed by atoms with E-state index in [2.05, 4.69) is 10.3 Å². The molecule has 2 amide bonds. The quantitative estimate of drug-likeness (QED) is 0.564. The van der Waals surface area contributed by atoms with E-state index in [1.807, 2.05) is 67.5 Å². The zero-order chi connectivity index (χ0) is 23.5. The Kier molecular flexibility index (Phi) is 6.55. The first-order chi connectivity index (χ1) is 15.9. The van der Waals surface area contributed by atoms with Gasteiger partial charge in [0.2, 0.25) is 0 Å². The van der Waals surface area contributed by atoms with E-state index in [1.54, 1.807) is 12.0 Å². The normalized spacial score (nSPS) is 17.7. The minimum Gasteiger partial charge on any atom is -0.497 e. The average Bonchev–Trinajstić information content (AvgIpc) is 3.20. The van der Waals surface area contributed by atoms with Crippen molar-refractivity contribution >= 4 is 22.9 Å². The minimum atomic E-state index is -0.756. The molecule has 2 aromatic carbocycles. The monoisotopic (exact) mass is 450 g/mol. The Morgan fingerprint density at radius 1 is 1.12 bits per heavy atom. The first-order valence-electron chi connectivity index (χ1n) is 11.0. The number of aromatic nitrogens is 1. The van der Waals surface area contributed by atoms with Crippen molar-refractivity contribution in [1.82, 2.24) is 20.1 Å². The van der Waals surface area contributed by atoms with Crippen molar-refractivity contribution in [2.24, 2.45) is 0 Å². The lowest BCUT2D eigenvalue weighted by atomic mass is 9.88. The highest BCUT2D eigenvalue weighted by atomic mass is 16.5. The van der Waals surface area contributed by atoms with Gasteiger partial charge in [-0.15, -0.1) is 0 Å². The summed E-state index contributed by atoms with van der Waals surface area (Å²) >= 11 is 0. The Hall–Kier alpha value is -3.52. The van der Waals surface area contributed by atoms with Crippen LogP contribution in [0, 0.1) is 0 Å². The van der Waals surface area contributed by atoms with E-state index in [0.717, 1.165) is 33.5 Å². The van der Waals surface area contributed by atoms with Gasteiger partial charge in [0.15, 0.2) is 0 Å². The predicted octanol–water partition coefficient (Wildman–Crippen LogP) is 2.94. The van der Waals surface area contributed by atoms with Crippen molar-refractivity contribution in [2.45, 2.75) is 18.5 Å². The third-order valence-corrected chi connectivity index (χ3v) is 6.11. The molecule has 8 heteroatoms. The number of nitrogens with zero attached hydrogens (tertiary/aromatic N) is 2. The maximum Gasteiger partial charge on any atom is 0.329 e. The Morgan fingerprint density at radius 2 is 1.85 bits per heavy atom. The fourth-order valence-electron chi connectivity index (χ4n) is 4.47. The standard InChI is InChI=1S/C25H30N4O4/c1-28(2)14-13-26-25(31)29-21(24(30)33-4)15-19-18-7-5-6-8-20(18)27-22(19)23(29)16-9-11-17(32-3)12-10-16/h5-12,21,23,27H,13-15H2,1-4H3,(H,26,31)/t21-,23+/m1/s1. The molecule has 33 heavy (non-hydrogen) atoms. The second-order valence-corrected chi connectivity index (χ2v) is 8.42. The topological polar surface area (TPSA) is 86.9 Å². The number of amides is 2. The number of benzene rings is 2. The summed E-state index contributed by atoms with van der Waals surface area (Å²) in [5.74, 6) is 0.283. The maximum absolute atomic E-state index is 13.5. The largest absolute Gasteiger partial charge is 0.497 e. The SMILES string of the molecule is COC(=O)[C@H]1Cc2c([nH]c3ccccc23)[C@H](c2ccc(OC)cc2)N1C(=O)NCCN(C)C. The maximum atomic E-state index is 13.5. The lowest BCUT2D eigenvalue weighted by Crippen LogP contribution is -2.55. The molecule has 0 spiro atoms. The van der Waals surface area contributed by atoms with Crippen LogP contribution in [0.25, 0.3) is 10.9 Å². The van der Waals surface area contributed by atoms with E-state index in [4.69, 9.17) is 9.47 Å². The first kappa shape index (κ1) is 22.7. The Bertz CT molecular complexity index is 1140. The van der Waals surface area contributed by atoms with Crippen LogP contribution in [0.1, 0.15) is 22.9 Å².